The number of carbonyl (C=O) groups is 1. The van der Waals surface area contributed by atoms with E-state index in [1.165, 1.54) is 0 Å². The van der Waals surface area contributed by atoms with Gasteiger partial charge >= 0.3 is 0 Å². The first-order valence-electron chi connectivity index (χ1n) is 4.55. The van der Waals surface area contributed by atoms with Crippen molar-refractivity contribution in [1.82, 2.24) is 0 Å². The molecule has 0 aliphatic rings. The van der Waals surface area contributed by atoms with E-state index in [4.69, 9.17) is 4.74 Å². The minimum absolute atomic E-state index is 0.238. The number of thiophene rings is 1. The Morgan fingerprint density at radius 2 is 2.43 bits per heavy atom. The third-order valence-electron chi connectivity index (χ3n) is 1.78. The van der Waals surface area contributed by atoms with Crippen LogP contribution in [0.3, 0.4) is 0 Å². The van der Waals surface area contributed by atoms with Gasteiger partial charge in [-0.05, 0) is 34.3 Å². The zero-order valence-corrected chi connectivity index (χ0v) is 10.5. The van der Waals surface area contributed by atoms with Crippen LogP contribution in [0.5, 0.6) is 0 Å². The van der Waals surface area contributed by atoms with E-state index in [0.29, 0.717) is 26.1 Å². The fourth-order valence-corrected chi connectivity index (χ4v) is 2.57. The normalized spacial score (nSPS) is 10.4. The summed E-state index contributed by atoms with van der Waals surface area (Å²) in [5.41, 5.74) is 0. The first kappa shape index (κ1) is 11.9. The number of ether oxygens (including phenoxy) is 1. The van der Waals surface area contributed by atoms with Gasteiger partial charge in [0.05, 0.1) is 6.61 Å². The summed E-state index contributed by atoms with van der Waals surface area (Å²) in [6, 6.07) is 1.97. The van der Waals surface area contributed by atoms with E-state index in [1.54, 1.807) is 11.3 Å². The van der Waals surface area contributed by atoms with Crippen LogP contribution in [0.2, 0.25) is 0 Å². The highest BCUT2D eigenvalue weighted by molar-refractivity contribution is 9.10. The molecule has 0 amide bonds. The molecule has 0 bridgehead atoms. The van der Waals surface area contributed by atoms with Gasteiger partial charge in [-0.2, -0.15) is 0 Å². The summed E-state index contributed by atoms with van der Waals surface area (Å²) in [6.07, 6.45) is 1.03. The lowest BCUT2D eigenvalue weighted by Crippen LogP contribution is -2.06. The van der Waals surface area contributed by atoms with Gasteiger partial charge in [0.1, 0.15) is 5.78 Å². The predicted molar refractivity (Wildman–Crippen MR) is 61.8 cm³/mol. The molecule has 78 valence electrons. The van der Waals surface area contributed by atoms with Crippen molar-refractivity contribution in [2.75, 3.05) is 13.2 Å². The van der Waals surface area contributed by atoms with Gasteiger partial charge in [0, 0.05) is 28.8 Å². The van der Waals surface area contributed by atoms with E-state index in [1.807, 2.05) is 18.4 Å². The highest BCUT2D eigenvalue weighted by atomic mass is 79.9. The average Bonchev–Trinajstić information content (AvgIpc) is 2.52. The molecule has 0 spiro atoms. The molecule has 0 saturated heterocycles. The van der Waals surface area contributed by atoms with E-state index in [2.05, 4.69) is 15.9 Å². The molecule has 0 aliphatic carbocycles. The zero-order valence-electron chi connectivity index (χ0n) is 8.09. The second kappa shape index (κ2) is 6.32. The molecule has 14 heavy (non-hydrogen) atoms. The Labute approximate surface area is 96.4 Å². The Bertz CT molecular complexity index is 296. The van der Waals surface area contributed by atoms with Crippen LogP contribution in [0, 0.1) is 0 Å². The lowest BCUT2D eigenvalue weighted by atomic mass is 10.2. The van der Waals surface area contributed by atoms with E-state index >= 15 is 0 Å². The van der Waals surface area contributed by atoms with Gasteiger partial charge in [0.2, 0.25) is 0 Å². The minimum Gasteiger partial charge on any atom is -0.381 e. The summed E-state index contributed by atoms with van der Waals surface area (Å²) >= 11 is 5.01. The fourth-order valence-electron chi connectivity index (χ4n) is 1.05. The second-order valence-electron chi connectivity index (χ2n) is 2.85. The summed E-state index contributed by atoms with van der Waals surface area (Å²) < 4.78 is 6.16. The van der Waals surface area contributed by atoms with Gasteiger partial charge in [-0.1, -0.05) is 0 Å². The van der Waals surface area contributed by atoms with E-state index in [-0.39, 0.29) is 5.78 Å². The molecule has 4 heteroatoms. The van der Waals surface area contributed by atoms with Crippen LogP contribution >= 0.6 is 27.3 Å². The summed E-state index contributed by atoms with van der Waals surface area (Å²) in [5.74, 6) is 0.238. The number of Topliss-reactive ketones (excluding diaryl/α,β-unsaturated/α-hetero) is 1. The largest absolute Gasteiger partial charge is 0.381 e. The summed E-state index contributed by atoms with van der Waals surface area (Å²) in [6.45, 7) is 3.15. The van der Waals surface area contributed by atoms with Crippen molar-refractivity contribution in [3.05, 3.63) is 20.8 Å². The standard InChI is InChI=1S/C10H13BrO2S/c1-2-13-5-3-8(12)7-10-9(11)4-6-14-10/h4,6H,2-3,5,7H2,1H3. The maximum atomic E-state index is 11.4. The van der Waals surface area contributed by atoms with Crippen molar-refractivity contribution >= 4 is 33.0 Å². The lowest BCUT2D eigenvalue weighted by molar-refractivity contribution is -0.119. The SMILES string of the molecule is CCOCCC(=O)Cc1sccc1Br. The summed E-state index contributed by atoms with van der Waals surface area (Å²) in [7, 11) is 0. The van der Waals surface area contributed by atoms with Gasteiger partial charge in [-0.25, -0.2) is 0 Å². The molecule has 0 unspecified atom stereocenters. The third kappa shape index (κ3) is 3.90. The smallest absolute Gasteiger partial charge is 0.140 e. The molecule has 1 aromatic heterocycles. The molecule has 1 rings (SSSR count). The Morgan fingerprint density at radius 1 is 1.64 bits per heavy atom. The van der Waals surface area contributed by atoms with E-state index < -0.39 is 0 Å². The molecule has 2 nitrogen and oxygen atoms in total. The minimum atomic E-state index is 0.238. The maximum absolute atomic E-state index is 11.4. The highest BCUT2D eigenvalue weighted by Crippen LogP contribution is 2.23. The van der Waals surface area contributed by atoms with Gasteiger partial charge in [-0.15, -0.1) is 11.3 Å². The Morgan fingerprint density at radius 3 is 3.00 bits per heavy atom. The lowest BCUT2D eigenvalue weighted by Gasteiger charge is -2.00. The number of rotatable bonds is 6. The molecule has 0 aliphatic heterocycles. The Hall–Kier alpha value is -0.190. The fraction of sp³-hybridized carbons (Fsp3) is 0.500. The van der Waals surface area contributed by atoms with Crippen LogP contribution in [-0.4, -0.2) is 19.0 Å². The van der Waals surface area contributed by atoms with Gasteiger partial charge in [0.25, 0.3) is 0 Å². The van der Waals surface area contributed by atoms with Gasteiger partial charge in [-0.3, -0.25) is 4.79 Å². The molecule has 0 saturated carbocycles. The van der Waals surface area contributed by atoms with Crippen LogP contribution in [0.15, 0.2) is 15.9 Å². The molecule has 0 atom stereocenters. The molecular formula is C10H13BrO2S. The van der Waals surface area contributed by atoms with Gasteiger partial charge < -0.3 is 4.74 Å². The number of carbonyl (C=O) groups excluding carboxylic acids is 1. The van der Waals surface area contributed by atoms with E-state index in [0.717, 1.165) is 9.35 Å². The molecule has 0 radical (unpaired) electrons. The maximum Gasteiger partial charge on any atom is 0.140 e. The quantitative estimate of drug-likeness (QED) is 0.747. The topological polar surface area (TPSA) is 26.3 Å². The average molecular weight is 277 g/mol. The highest BCUT2D eigenvalue weighted by Gasteiger charge is 2.07. The molecular weight excluding hydrogens is 264 g/mol. The van der Waals surface area contributed by atoms with Crippen molar-refractivity contribution < 1.29 is 9.53 Å². The second-order valence-corrected chi connectivity index (χ2v) is 4.71. The van der Waals surface area contributed by atoms with Crippen molar-refractivity contribution in [1.29, 1.82) is 0 Å². The third-order valence-corrected chi connectivity index (χ3v) is 3.70. The van der Waals surface area contributed by atoms with Crippen LogP contribution in [0.1, 0.15) is 18.2 Å². The molecule has 0 N–H and O–H groups in total. The predicted octanol–water partition coefficient (Wildman–Crippen LogP) is 3.05. The Kier molecular flexibility index (Phi) is 5.37. The van der Waals surface area contributed by atoms with Crippen molar-refractivity contribution in [2.45, 2.75) is 19.8 Å². The summed E-state index contributed by atoms with van der Waals surface area (Å²) in [4.78, 5) is 12.5. The van der Waals surface area contributed by atoms with Crippen LogP contribution < -0.4 is 0 Å². The first-order chi connectivity index (χ1) is 6.74. The molecule has 0 aromatic carbocycles. The Balaban J connectivity index is 2.31. The monoisotopic (exact) mass is 276 g/mol. The molecule has 1 aromatic rings. The van der Waals surface area contributed by atoms with Crippen molar-refractivity contribution in [2.24, 2.45) is 0 Å². The number of ketones is 1. The summed E-state index contributed by atoms with van der Waals surface area (Å²) in [5, 5.41) is 1.98. The number of hydrogen-bond acceptors (Lipinski definition) is 3. The van der Waals surface area contributed by atoms with Crippen molar-refractivity contribution in [3.63, 3.8) is 0 Å². The van der Waals surface area contributed by atoms with E-state index in [9.17, 15) is 4.79 Å². The molecule has 1 heterocycles. The van der Waals surface area contributed by atoms with Crippen LogP contribution in [0.25, 0.3) is 0 Å². The first-order valence-corrected chi connectivity index (χ1v) is 6.22. The molecule has 0 fully saturated rings. The van der Waals surface area contributed by atoms with Crippen LogP contribution in [0.4, 0.5) is 0 Å². The van der Waals surface area contributed by atoms with Crippen molar-refractivity contribution in [3.8, 4) is 0 Å². The zero-order chi connectivity index (χ0) is 10.4. The van der Waals surface area contributed by atoms with Crippen LogP contribution in [-0.2, 0) is 16.0 Å². The number of hydrogen-bond donors (Lipinski definition) is 0. The van der Waals surface area contributed by atoms with Gasteiger partial charge in [0.15, 0.2) is 0 Å². The number of halogens is 1.